The molecule has 3 aromatic rings. The molecule has 108 valence electrons. The molecule has 0 bridgehead atoms. The van der Waals surface area contributed by atoms with Crippen molar-refractivity contribution in [2.45, 2.75) is 17.9 Å². The number of aromatic hydroxyl groups is 1. The molecule has 0 spiro atoms. The Kier molecular flexibility index (Phi) is 3.92. The first-order chi connectivity index (χ1) is 10.2. The molecule has 6 nitrogen and oxygen atoms in total. The molecule has 0 aliphatic heterocycles. The third-order valence-electron chi connectivity index (χ3n) is 3.08. The molecule has 0 atom stereocenters. The zero-order chi connectivity index (χ0) is 14.7. The van der Waals surface area contributed by atoms with E-state index in [9.17, 15) is 5.11 Å². The number of rotatable bonds is 5. The summed E-state index contributed by atoms with van der Waals surface area (Å²) in [5.41, 5.74) is 7.19. The fourth-order valence-electron chi connectivity index (χ4n) is 2.03. The lowest BCUT2D eigenvalue weighted by Gasteiger charge is -2.04. The van der Waals surface area contributed by atoms with Crippen molar-refractivity contribution >= 4 is 28.7 Å². The number of thioether (sulfide) groups is 1. The van der Waals surface area contributed by atoms with E-state index in [4.69, 9.17) is 5.73 Å². The standard InChI is InChI=1S/C14H15N5OS/c15-13-12-14(17-8-16-13)19(9-18-12)6-1-7-21-11-4-2-10(20)3-5-11/h2-5,8-9,20H,1,6-7H2,(H2,15,16,17). The Balaban J connectivity index is 1.57. The van der Waals surface area contributed by atoms with Gasteiger partial charge in [0.05, 0.1) is 6.33 Å². The summed E-state index contributed by atoms with van der Waals surface area (Å²) in [5, 5.41) is 9.23. The van der Waals surface area contributed by atoms with Crippen LogP contribution in [0.2, 0.25) is 0 Å². The maximum Gasteiger partial charge on any atom is 0.165 e. The first-order valence-corrected chi connectivity index (χ1v) is 7.56. The van der Waals surface area contributed by atoms with E-state index in [0.717, 1.165) is 29.3 Å². The average molecular weight is 301 g/mol. The van der Waals surface area contributed by atoms with Gasteiger partial charge in [-0.15, -0.1) is 11.8 Å². The monoisotopic (exact) mass is 301 g/mol. The van der Waals surface area contributed by atoms with Crippen molar-refractivity contribution in [1.29, 1.82) is 0 Å². The molecule has 1 aromatic carbocycles. The predicted octanol–water partition coefficient (Wildman–Crippen LogP) is 2.30. The molecule has 0 radical (unpaired) electrons. The van der Waals surface area contributed by atoms with Crippen LogP contribution in [0.1, 0.15) is 6.42 Å². The van der Waals surface area contributed by atoms with Gasteiger partial charge in [-0.2, -0.15) is 0 Å². The van der Waals surface area contributed by atoms with Crippen molar-refractivity contribution < 1.29 is 5.11 Å². The molecular weight excluding hydrogens is 286 g/mol. The van der Waals surface area contributed by atoms with Crippen LogP contribution in [0.3, 0.4) is 0 Å². The third kappa shape index (κ3) is 3.08. The maximum atomic E-state index is 9.23. The molecule has 0 saturated carbocycles. The van der Waals surface area contributed by atoms with Crippen molar-refractivity contribution in [1.82, 2.24) is 19.5 Å². The van der Waals surface area contributed by atoms with E-state index in [1.165, 1.54) is 6.33 Å². The molecular formula is C14H15N5OS. The van der Waals surface area contributed by atoms with Gasteiger partial charge in [0.1, 0.15) is 17.6 Å². The smallest absolute Gasteiger partial charge is 0.165 e. The van der Waals surface area contributed by atoms with E-state index in [1.807, 2.05) is 16.7 Å². The highest BCUT2D eigenvalue weighted by molar-refractivity contribution is 7.99. The highest BCUT2D eigenvalue weighted by Crippen LogP contribution is 2.22. The van der Waals surface area contributed by atoms with Crippen LogP contribution >= 0.6 is 11.8 Å². The molecule has 2 aromatic heterocycles. The number of phenolic OH excluding ortho intramolecular Hbond substituents is 1. The molecule has 2 heterocycles. The lowest BCUT2D eigenvalue weighted by molar-refractivity contribution is 0.475. The Bertz CT molecular complexity index is 741. The lowest BCUT2D eigenvalue weighted by Crippen LogP contribution is -2.00. The maximum absolute atomic E-state index is 9.23. The molecule has 21 heavy (non-hydrogen) atoms. The van der Waals surface area contributed by atoms with Crippen LogP contribution in [-0.4, -0.2) is 30.4 Å². The number of aromatic nitrogens is 4. The minimum atomic E-state index is 0.293. The van der Waals surface area contributed by atoms with Crippen LogP contribution in [0, 0.1) is 0 Å². The van der Waals surface area contributed by atoms with E-state index in [-0.39, 0.29) is 0 Å². The first kappa shape index (κ1) is 13.7. The van der Waals surface area contributed by atoms with Gasteiger partial charge in [0, 0.05) is 11.4 Å². The zero-order valence-electron chi connectivity index (χ0n) is 11.3. The van der Waals surface area contributed by atoms with Crippen molar-refractivity contribution in [3.05, 3.63) is 36.9 Å². The molecule has 0 aliphatic carbocycles. The number of imidazole rings is 1. The van der Waals surface area contributed by atoms with Gasteiger partial charge in [-0.05, 0) is 36.4 Å². The average Bonchev–Trinajstić information content (AvgIpc) is 2.90. The molecule has 0 fully saturated rings. The Morgan fingerprint density at radius 3 is 2.76 bits per heavy atom. The Morgan fingerprint density at radius 2 is 1.95 bits per heavy atom. The fourth-order valence-corrected chi connectivity index (χ4v) is 2.87. The summed E-state index contributed by atoms with van der Waals surface area (Å²) in [6, 6.07) is 7.23. The van der Waals surface area contributed by atoms with Gasteiger partial charge < -0.3 is 15.4 Å². The first-order valence-electron chi connectivity index (χ1n) is 6.57. The van der Waals surface area contributed by atoms with Crippen LogP contribution in [-0.2, 0) is 6.54 Å². The number of phenols is 1. The molecule has 0 aliphatic rings. The van der Waals surface area contributed by atoms with Gasteiger partial charge in [0.25, 0.3) is 0 Å². The second kappa shape index (κ2) is 6.01. The van der Waals surface area contributed by atoms with Gasteiger partial charge in [-0.25, -0.2) is 15.0 Å². The number of fused-ring (bicyclic) bond motifs is 1. The molecule has 0 amide bonds. The van der Waals surface area contributed by atoms with E-state index < -0.39 is 0 Å². The summed E-state index contributed by atoms with van der Waals surface area (Å²) in [7, 11) is 0. The van der Waals surface area contributed by atoms with E-state index in [1.54, 1.807) is 30.2 Å². The zero-order valence-corrected chi connectivity index (χ0v) is 12.1. The topological polar surface area (TPSA) is 89.9 Å². The number of aryl methyl sites for hydroxylation is 1. The SMILES string of the molecule is Nc1ncnc2c1ncn2CCCSc1ccc(O)cc1. The third-order valence-corrected chi connectivity index (χ3v) is 4.18. The number of nitrogen functional groups attached to an aromatic ring is 1. The van der Waals surface area contributed by atoms with Crippen LogP contribution < -0.4 is 5.73 Å². The number of benzene rings is 1. The van der Waals surface area contributed by atoms with Gasteiger partial charge in [-0.3, -0.25) is 0 Å². The number of hydrogen-bond donors (Lipinski definition) is 2. The highest BCUT2D eigenvalue weighted by Gasteiger charge is 2.07. The van der Waals surface area contributed by atoms with Crippen molar-refractivity contribution in [3.8, 4) is 5.75 Å². The fraction of sp³-hybridized carbons (Fsp3) is 0.214. The normalized spacial score (nSPS) is 11.0. The molecule has 3 N–H and O–H groups in total. The number of nitrogens with two attached hydrogens (primary N) is 1. The van der Waals surface area contributed by atoms with Crippen LogP contribution in [0.15, 0.2) is 41.8 Å². The van der Waals surface area contributed by atoms with Crippen molar-refractivity contribution in [3.63, 3.8) is 0 Å². The van der Waals surface area contributed by atoms with Crippen molar-refractivity contribution in [2.24, 2.45) is 0 Å². The summed E-state index contributed by atoms with van der Waals surface area (Å²) < 4.78 is 1.99. The highest BCUT2D eigenvalue weighted by atomic mass is 32.2. The van der Waals surface area contributed by atoms with Gasteiger partial charge in [0.2, 0.25) is 0 Å². The summed E-state index contributed by atoms with van der Waals surface area (Å²) in [5.74, 6) is 1.68. The molecule has 0 unspecified atom stereocenters. The Labute approximate surface area is 126 Å². The second-order valence-corrected chi connectivity index (χ2v) is 5.73. The lowest BCUT2D eigenvalue weighted by atomic mass is 10.3. The second-order valence-electron chi connectivity index (χ2n) is 4.57. The molecule has 3 rings (SSSR count). The Hall–Kier alpha value is -2.28. The Morgan fingerprint density at radius 1 is 1.14 bits per heavy atom. The van der Waals surface area contributed by atoms with Crippen LogP contribution in [0.25, 0.3) is 11.2 Å². The number of anilines is 1. The minimum absolute atomic E-state index is 0.293. The van der Waals surface area contributed by atoms with Gasteiger partial charge >= 0.3 is 0 Å². The quantitative estimate of drug-likeness (QED) is 0.555. The van der Waals surface area contributed by atoms with Crippen molar-refractivity contribution in [2.75, 3.05) is 11.5 Å². The molecule has 7 heteroatoms. The summed E-state index contributed by atoms with van der Waals surface area (Å²) >= 11 is 1.76. The number of hydrogen-bond acceptors (Lipinski definition) is 6. The summed E-state index contributed by atoms with van der Waals surface area (Å²) in [6.45, 7) is 0.831. The van der Waals surface area contributed by atoms with E-state index in [0.29, 0.717) is 17.1 Å². The summed E-state index contributed by atoms with van der Waals surface area (Å²) in [6.07, 6.45) is 4.20. The summed E-state index contributed by atoms with van der Waals surface area (Å²) in [4.78, 5) is 13.5. The van der Waals surface area contributed by atoms with Crippen LogP contribution in [0.5, 0.6) is 5.75 Å². The largest absolute Gasteiger partial charge is 0.508 e. The molecule has 0 saturated heterocycles. The van der Waals surface area contributed by atoms with Crippen LogP contribution in [0.4, 0.5) is 5.82 Å². The van der Waals surface area contributed by atoms with E-state index >= 15 is 0 Å². The van der Waals surface area contributed by atoms with E-state index in [2.05, 4.69) is 15.0 Å². The minimum Gasteiger partial charge on any atom is -0.508 e. The number of nitrogens with zero attached hydrogens (tertiary/aromatic N) is 4. The van der Waals surface area contributed by atoms with Gasteiger partial charge in [-0.1, -0.05) is 0 Å². The predicted molar refractivity (Wildman–Crippen MR) is 83.2 cm³/mol. The van der Waals surface area contributed by atoms with Gasteiger partial charge in [0.15, 0.2) is 11.5 Å².